The molecule has 0 saturated carbocycles. The van der Waals surface area contributed by atoms with Crippen LogP contribution >= 0.6 is 15.9 Å². The van der Waals surface area contributed by atoms with E-state index in [4.69, 9.17) is 10.5 Å². The Morgan fingerprint density at radius 2 is 2.17 bits per heavy atom. The molecule has 0 aliphatic carbocycles. The third-order valence-electron chi connectivity index (χ3n) is 2.86. The molecular formula is C12H14BrN3O2. The third-order valence-corrected chi connectivity index (χ3v) is 3.45. The summed E-state index contributed by atoms with van der Waals surface area (Å²) in [6.07, 6.45) is 1.63. The predicted octanol–water partition coefficient (Wildman–Crippen LogP) is 2.45. The molecule has 6 heteroatoms. The van der Waals surface area contributed by atoms with Crippen molar-refractivity contribution in [3.05, 3.63) is 22.3 Å². The molecule has 0 fully saturated rings. The number of rotatable bonds is 2. The number of aromatic hydroxyl groups is 1. The fraction of sp³-hybridized carbons (Fsp3) is 0.250. The Bertz CT molecular complexity index is 608. The fourth-order valence-corrected chi connectivity index (χ4v) is 2.61. The largest absolute Gasteiger partial charge is 0.504 e. The molecule has 1 aromatic heterocycles. The SMILES string of the molecule is COc1c(Br)cc(C)c(-c2cnn(C)c2N)c1O. The maximum atomic E-state index is 10.3. The monoisotopic (exact) mass is 311 g/mol. The van der Waals surface area contributed by atoms with Gasteiger partial charge in [-0.3, -0.25) is 4.68 Å². The molecule has 0 saturated heterocycles. The summed E-state index contributed by atoms with van der Waals surface area (Å²) in [5.41, 5.74) is 8.16. The van der Waals surface area contributed by atoms with Gasteiger partial charge < -0.3 is 15.6 Å². The van der Waals surface area contributed by atoms with E-state index in [1.54, 1.807) is 17.9 Å². The quantitative estimate of drug-likeness (QED) is 0.893. The highest BCUT2D eigenvalue weighted by Crippen LogP contribution is 2.45. The van der Waals surface area contributed by atoms with Crippen molar-refractivity contribution in [2.45, 2.75) is 6.92 Å². The number of nitrogens with two attached hydrogens (primary N) is 1. The second-order valence-corrected chi connectivity index (χ2v) is 4.85. The summed E-state index contributed by atoms with van der Waals surface area (Å²) >= 11 is 3.35. The first kappa shape index (κ1) is 12.8. The van der Waals surface area contributed by atoms with Crippen molar-refractivity contribution in [1.82, 2.24) is 9.78 Å². The zero-order valence-electron chi connectivity index (χ0n) is 10.4. The minimum atomic E-state index is 0.0593. The van der Waals surface area contributed by atoms with E-state index in [2.05, 4.69) is 21.0 Å². The summed E-state index contributed by atoms with van der Waals surface area (Å²) in [6.45, 7) is 1.89. The topological polar surface area (TPSA) is 73.3 Å². The van der Waals surface area contributed by atoms with Crippen molar-refractivity contribution >= 4 is 21.7 Å². The van der Waals surface area contributed by atoms with Crippen molar-refractivity contribution < 1.29 is 9.84 Å². The Hall–Kier alpha value is -1.69. The molecule has 0 unspecified atom stereocenters. The normalized spacial score (nSPS) is 10.7. The lowest BCUT2D eigenvalue weighted by molar-refractivity contribution is 0.372. The lowest BCUT2D eigenvalue weighted by atomic mass is 10.0. The highest BCUT2D eigenvalue weighted by molar-refractivity contribution is 9.10. The Kier molecular flexibility index (Phi) is 3.21. The first-order chi connectivity index (χ1) is 8.47. The smallest absolute Gasteiger partial charge is 0.175 e. The summed E-state index contributed by atoms with van der Waals surface area (Å²) < 4.78 is 7.43. The predicted molar refractivity (Wildman–Crippen MR) is 73.7 cm³/mol. The number of methoxy groups -OCH3 is 1. The number of nitrogen functional groups attached to an aromatic ring is 1. The zero-order valence-corrected chi connectivity index (χ0v) is 11.9. The molecule has 3 N–H and O–H groups in total. The molecule has 96 valence electrons. The van der Waals surface area contributed by atoms with Crippen LogP contribution in [0.2, 0.25) is 0 Å². The van der Waals surface area contributed by atoms with E-state index in [9.17, 15) is 5.11 Å². The molecule has 0 aliphatic heterocycles. The van der Waals surface area contributed by atoms with Gasteiger partial charge in [0.1, 0.15) is 5.82 Å². The number of aryl methyl sites for hydroxylation is 2. The van der Waals surface area contributed by atoms with E-state index in [1.165, 1.54) is 7.11 Å². The number of ether oxygens (including phenoxy) is 1. The van der Waals surface area contributed by atoms with Crippen LogP contribution in [-0.4, -0.2) is 22.0 Å². The molecule has 0 amide bonds. The standard InChI is InChI=1S/C12H14BrN3O2/c1-6-4-8(13)11(18-3)10(17)9(6)7-5-15-16(2)12(7)14/h4-5,17H,14H2,1-3H3. The van der Waals surface area contributed by atoms with Gasteiger partial charge in [0.2, 0.25) is 0 Å². The minimum Gasteiger partial charge on any atom is -0.504 e. The first-order valence-electron chi connectivity index (χ1n) is 5.31. The van der Waals surface area contributed by atoms with Crippen LogP contribution in [0.3, 0.4) is 0 Å². The van der Waals surface area contributed by atoms with Crippen molar-refractivity contribution in [2.75, 3.05) is 12.8 Å². The molecule has 0 radical (unpaired) electrons. The number of benzene rings is 1. The molecule has 0 spiro atoms. The molecule has 18 heavy (non-hydrogen) atoms. The average molecular weight is 312 g/mol. The molecule has 0 bridgehead atoms. The van der Waals surface area contributed by atoms with Gasteiger partial charge in [0, 0.05) is 18.2 Å². The molecule has 0 atom stereocenters. The fourth-order valence-electron chi connectivity index (χ4n) is 1.91. The van der Waals surface area contributed by atoms with Crippen molar-refractivity contribution in [3.63, 3.8) is 0 Å². The number of hydrogen-bond donors (Lipinski definition) is 2. The number of nitrogens with zero attached hydrogens (tertiary/aromatic N) is 2. The summed E-state index contributed by atoms with van der Waals surface area (Å²) in [5, 5.41) is 14.4. The molecule has 5 nitrogen and oxygen atoms in total. The highest BCUT2D eigenvalue weighted by atomic mass is 79.9. The molecule has 2 rings (SSSR count). The minimum absolute atomic E-state index is 0.0593. The van der Waals surface area contributed by atoms with Gasteiger partial charge in [-0.1, -0.05) is 0 Å². The van der Waals surface area contributed by atoms with Gasteiger partial charge in [-0.15, -0.1) is 0 Å². The van der Waals surface area contributed by atoms with Crippen molar-refractivity contribution in [1.29, 1.82) is 0 Å². The summed E-state index contributed by atoms with van der Waals surface area (Å²) in [7, 11) is 3.26. The third kappa shape index (κ3) is 1.82. The summed E-state index contributed by atoms with van der Waals surface area (Å²) in [4.78, 5) is 0. The Morgan fingerprint density at radius 1 is 1.50 bits per heavy atom. The average Bonchev–Trinajstić information content (AvgIpc) is 2.61. The van der Waals surface area contributed by atoms with Gasteiger partial charge in [-0.05, 0) is 34.5 Å². The van der Waals surface area contributed by atoms with Crippen molar-refractivity contribution in [3.8, 4) is 22.6 Å². The lowest BCUT2D eigenvalue weighted by Gasteiger charge is -2.13. The van der Waals surface area contributed by atoms with E-state index >= 15 is 0 Å². The Labute approximate surface area is 113 Å². The zero-order chi connectivity index (χ0) is 13.4. The first-order valence-corrected chi connectivity index (χ1v) is 6.10. The number of phenols is 1. The number of aromatic nitrogens is 2. The van der Waals surface area contributed by atoms with Crippen LogP contribution in [0.15, 0.2) is 16.7 Å². The van der Waals surface area contributed by atoms with E-state index in [0.717, 1.165) is 5.56 Å². The van der Waals surface area contributed by atoms with Crippen LogP contribution in [0.4, 0.5) is 5.82 Å². The molecular weight excluding hydrogens is 298 g/mol. The van der Waals surface area contributed by atoms with Gasteiger partial charge in [0.05, 0.1) is 17.8 Å². The van der Waals surface area contributed by atoms with Crippen LogP contribution in [0.1, 0.15) is 5.56 Å². The molecule has 2 aromatic rings. The van der Waals surface area contributed by atoms with Crippen LogP contribution in [-0.2, 0) is 7.05 Å². The number of anilines is 1. The van der Waals surface area contributed by atoms with Crippen LogP contribution in [0.25, 0.3) is 11.1 Å². The van der Waals surface area contributed by atoms with Crippen LogP contribution in [0, 0.1) is 6.92 Å². The Balaban J connectivity index is 2.75. The highest BCUT2D eigenvalue weighted by Gasteiger charge is 2.20. The van der Waals surface area contributed by atoms with Gasteiger partial charge in [0.25, 0.3) is 0 Å². The second-order valence-electron chi connectivity index (χ2n) is 4.00. The van der Waals surface area contributed by atoms with Crippen LogP contribution < -0.4 is 10.5 Å². The maximum absolute atomic E-state index is 10.3. The lowest BCUT2D eigenvalue weighted by Crippen LogP contribution is -1.99. The van der Waals surface area contributed by atoms with Gasteiger partial charge in [-0.25, -0.2) is 0 Å². The number of hydrogen-bond acceptors (Lipinski definition) is 4. The molecule has 0 aliphatic rings. The second kappa shape index (κ2) is 4.53. The van der Waals surface area contributed by atoms with E-state index in [1.807, 2.05) is 13.0 Å². The molecule has 1 heterocycles. The van der Waals surface area contributed by atoms with E-state index in [-0.39, 0.29) is 5.75 Å². The van der Waals surface area contributed by atoms with Gasteiger partial charge in [-0.2, -0.15) is 5.10 Å². The van der Waals surface area contributed by atoms with Crippen LogP contribution in [0.5, 0.6) is 11.5 Å². The summed E-state index contributed by atoms with van der Waals surface area (Å²) in [5.74, 6) is 0.945. The van der Waals surface area contributed by atoms with Gasteiger partial charge >= 0.3 is 0 Å². The number of phenolic OH excluding ortho intramolecular Hbond substituents is 1. The molecule has 1 aromatic carbocycles. The number of halogens is 1. The van der Waals surface area contributed by atoms with E-state index < -0.39 is 0 Å². The Morgan fingerprint density at radius 3 is 2.67 bits per heavy atom. The summed E-state index contributed by atoms with van der Waals surface area (Å²) in [6, 6.07) is 1.88. The van der Waals surface area contributed by atoms with Gasteiger partial charge in [0.15, 0.2) is 11.5 Å². The maximum Gasteiger partial charge on any atom is 0.175 e. The van der Waals surface area contributed by atoms with E-state index in [0.29, 0.717) is 27.2 Å². The van der Waals surface area contributed by atoms with Crippen molar-refractivity contribution in [2.24, 2.45) is 7.05 Å².